The lowest BCUT2D eigenvalue weighted by Gasteiger charge is -1.97. The van der Waals surface area contributed by atoms with E-state index in [1.165, 1.54) is 0 Å². The highest BCUT2D eigenvalue weighted by Gasteiger charge is 2.09. The Morgan fingerprint density at radius 1 is 1.35 bits per heavy atom. The van der Waals surface area contributed by atoms with Crippen molar-refractivity contribution < 1.29 is 0 Å². The summed E-state index contributed by atoms with van der Waals surface area (Å²) in [5.74, 6) is 0.814. The molecule has 0 amide bonds. The van der Waals surface area contributed by atoms with E-state index in [1.807, 2.05) is 31.2 Å². The van der Waals surface area contributed by atoms with Gasteiger partial charge in [0.25, 0.3) is 0 Å². The monoisotopic (exact) mass is 264 g/mol. The number of rotatable bonds is 2. The van der Waals surface area contributed by atoms with Crippen molar-refractivity contribution in [2.45, 2.75) is 13.3 Å². The summed E-state index contributed by atoms with van der Waals surface area (Å²) in [7, 11) is 0. The summed E-state index contributed by atoms with van der Waals surface area (Å²) in [6, 6.07) is 7.81. The van der Waals surface area contributed by atoms with Crippen LogP contribution in [0, 0.1) is 6.92 Å². The van der Waals surface area contributed by atoms with Crippen LogP contribution in [0.2, 0.25) is 5.02 Å². The number of nitrogens with zero attached hydrogens (tertiary/aromatic N) is 4. The van der Waals surface area contributed by atoms with Gasteiger partial charge in [0.1, 0.15) is 5.01 Å². The van der Waals surface area contributed by atoms with Gasteiger partial charge in [0.2, 0.25) is 4.96 Å². The first-order valence-corrected chi connectivity index (χ1v) is 6.34. The van der Waals surface area contributed by atoms with Crippen LogP contribution in [0.25, 0.3) is 4.96 Å². The molecule has 0 saturated heterocycles. The average molecular weight is 265 g/mol. The highest BCUT2D eigenvalue weighted by molar-refractivity contribution is 7.16. The number of hydrogen-bond donors (Lipinski definition) is 0. The van der Waals surface area contributed by atoms with E-state index in [0.717, 1.165) is 32.8 Å². The molecule has 0 bridgehead atoms. The fourth-order valence-electron chi connectivity index (χ4n) is 1.65. The molecule has 6 heteroatoms. The molecular formula is C11H9ClN4S. The van der Waals surface area contributed by atoms with Crippen LogP contribution in [0.1, 0.15) is 16.4 Å². The molecule has 0 N–H and O–H groups in total. The quantitative estimate of drug-likeness (QED) is 0.715. The van der Waals surface area contributed by atoms with E-state index in [2.05, 4.69) is 15.3 Å². The second kappa shape index (κ2) is 4.09. The average Bonchev–Trinajstić information content (AvgIpc) is 2.82. The topological polar surface area (TPSA) is 43.1 Å². The summed E-state index contributed by atoms with van der Waals surface area (Å²) >= 11 is 7.50. The van der Waals surface area contributed by atoms with Crippen molar-refractivity contribution in [2.24, 2.45) is 0 Å². The molecule has 3 rings (SSSR count). The Bertz CT molecular complexity index is 673. The molecular weight excluding hydrogens is 256 g/mol. The third-order valence-corrected chi connectivity index (χ3v) is 3.57. The Hall–Kier alpha value is -1.46. The highest BCUT2D eigenvalue weighted by Crippen LogP contribution is 2.19. The van der Waals surface area contributed by atoms with Crippen LogP contribution < -0.4 is 0 Å². The van der Waals surface area contributed by atoms with Gasteiger partial charge in [0, 0.05) is 11.4 Å². The van der Waals surface area contributed by atoms with Gasteiger partial charge in [-0.3, -0.25) is 0 Å². The number of fused-ring (bicyclic) bond motifs is 1. The Balaban J connectivity index is 1.94. The summed E-state index contributed by atoms with van der Waals surface area (Å²) in [6.45, 7) is 1.89. The molecule has 0 spiro atoms. The van der Waals surface area contributed by atoms with Crippen LogP contribution in [-0.4, -0.2) is 19.8 Å². The van der Waals surface area contributed by atoms with Gasteiger partial charge < -0.3 is 0 Å². The Labute approximate surface area is 107 Å². The van der Waals surface area contributed by atoms with Gasteiger partial charge in [0.15, 0.2) is 5.82 Å². The van der Waals surface area contributed by atoms with Gasteiger partial charge in [-0.15, -0.1) is 10.2 Å². The molecule has 0 saturated carbocycles. The molecule has 0 atom stereocenters. The van der Waals surface area contributed by atoms with Gasteiger partial charge in [-0.2, -0.15) is 9.61 Å². The van der Waals surface area contributed by atoms with Crippen molar-refractivity contribution in [3.8, 4) is 0 Å². The first kappa shape index (κ1) is 10.7. The van der Waals surface area contributed by atoms with Crippen LogP contribution in [0.4, 0.5) is 0 Å². The van der Waals surface area contributed by atoms with Gasteiger partial charge in [0.05, 0.1) is 0 Å². The third-order valence-electron chi connectivity index (χ3n) is 2.43. The van der Waals surface area contributed by atoms with Crippen molar-refractivity contribution in [3.63, 3.8) is 0 Å². The molecule has 4 nitrogen and oxygen atoms in total. The predicted octanol–water partition coefficient (Wildman–Crippen LogP) is 2.74. The number of halogens is 1. The Kier molecular flexibility index (Phi) is 2.57. The second-order valence-corrected chi connectivity index (χ2v) is 5.22. The van der Waals surface area contributed by atoms with Crippen LogP contribution in [-0.2, 0) is 6.42 Å². The molecule has 2 aromatic heterocycles. The van der Waals surface area contributed by atoms with Crippen molar-refractivity contribution in [3.05, 3.63) is 45.7 Å². The SMILES string of the molecule is Cc1nnc2sc(Cc3cccc(Cl)c3)nn12. The van der Waals surface area contributed by atoms with Gasteiger partial charge in [-0.25, -0.2) is 0 Å². The molecule has 0 unspecified atom stereocenters. The van der Waals surface area contributed by atoms with Crippen molar-refractivity contribution in [1.82, 2.24) is 19.8 Å². The van der Waals surface area contributed by atoms with Crippen LogP contribution in [0.3, 0.4) is 0 Å². The lowest BCUT2D eigenvalue weighted by Crippen LogP contribution is -1.92. The van der Waals surface area contributed by atoms with Crippen LogP contribution >= 0.6 is 22.9 Å². The first-order valence-electron chi connectivity index (χ1n) is 5.14. The lowest BCUT2D eigenvalue weighted by molar-refractivity contribution is 0.864. The maximum absolute atomic E-state index is 5.95. The van der Waals surface area contributed by atoms with Crippen LogP contribution in [0.15, 0.2) is 24.3 Å². The lowest BCUT2D eigenvalue weighted by atomic mass is 10.2. The zero-order chi connectivity index (χ0) is 11.8. The van der Waals surface area contributed by atoms with Crippen molar-refractivity contribution in [1.29, 1.82) is 0 Å². The van der Waals surface area contributed by atoms with Gasteiger partial charge in [-0.05, 0) is 24.6 Å². The summed E-state index contributed by atoms with van der Waals surface area (Å²) in [5.41, 5.74) is 1.15. The van der Waals surface area contributed by atoms with E-state index in [-0.39, 0.29) is 0 Å². The summed E-state index contributed by atoms with van der Waals surface area (Å²) < 4.78 is 1.77. The molecule has 1 aromatic carbocycles. The Morgan fingerprint density at radius 2 is 2.24 bits per heavy atom. The summed E-state index contributed by atoms with van der Waals surface area (Å²) in [4.78, 5) is 0.833. The predicted molar refractivity (Wildman–Crippen MR) is 67.7 cm³/mol. The highest BCUT2D eigenvalue weighted by atomic mass is 35.5. The summed E-state index contributed by atoms with van der Waals surface area (Å²) in [5, 5.41) is 14.2. The van der Waals surface area contributed by atoms with Gasteiger partial charge >= 0.3 is 0 Å². The van der Waals surface area contributed by atoms with E-state index in [4.69, 9.17) is 11.6 Å². The third kappa shape index (κ3) is 2.03. The number of hydrogen-bond acceptors (Lipinski definition) is 4. The second-order valence-electron chi connectivity index (χ2n) is 3.74. The standard InChI is InChI=1S/C11H9ClN4S/c1-7-13-14-11-16(7)15-10(17-11)6-8-3-2-4-9(12)5-8/h2-5H,6H2,1H3. The number of aryl methyl sites for hydroxylation is 1. The van der Waals surface area contributed by atoms with E-state index in [9.17, 15) is 0 Å². The minimum atomic E-state index is 0.752. The van der Waals surface area contributed by atoms with E-state index in [1.54, 1.807) is 15.9 Å². The zero-order valence-corrected chi connectivity index (χ0v) is 10.7. The molecule has 0 aliphatic heterocycles. The molecule has 2 heterocycles. The molecule has 0 radical (unpaired) electrons. The molecule has 17 heavy (non-hydrogen) atoms. The zero-order valence-electron chi connectivity index (χ0n) is 9.09. The molecule has 0 fully saturated rings. The molecule has 0 aliphatic rings. The number of aromatic nitrogens is 4. The molecule has 86 valence electrons. The minimum Gasteiger partial charge on any atom is -0.188 e. The molecule has 0 aliphatic carbocycles. The fourth-order valence-corrected chi connectivity index (χ4v) is 2.77. The summed E-state index contributed by atoms with van der Waals surface area (Å²) in [6.07, 6.45) is 0.772. The van der Waals surface area contributed by atoms with Crippen LogP contribution in [0.5, 0.6) is 0 Å². The van der Waals surface area contributed by atoms with E-state index < -0.39 is 0 Å². The first-order chi connectivity index (χ1) is 8.22. The van der Waals surface area contributed by atoms with E-state index in [0.29, 0.717) is 0 Å². The van der Waals surface area contributed by atoms with Gasteiger partial charge in [-0.1, -0.05) is 35.1 Å². The normalized spacial score (nSPS) is 11.2. The largest absolute Gasteiger partial charge is 0.234 e. The fraction of sp³-hybridized carbons (Fsp3) is 0.182. The van der Waals surface area contributed by atoms with Crippen molar-refractivity contribution in [2.75, 3.05) is 0 Å². The Morgan fingerprint density at radius 3 is 3.00 bits per heavy atom. The maximum atomic E-state index is 5.95. The van der Waals surface area contributed by atoms with Crippen molar-refractivity contribution >= 4 is 27.9 Å². The minimum absolute atomic E-state index is 0.752. The number of benzene rings is 1. The van der Waals surface area contributed by atoms with E-state index >= 15 is 0 Å². The smallest absolute Gasteiger partial charge is 0.188 e. The molecule has 3 aromatic rings. The maximum Gasteiger partial charge on any atom is 0.234 e.